The fraction of sp³-hybridized carbons (Fsp3) is 0.579. The highest BCUT2D eigenvalue weighted by atomic mass is 19.1. The second kappa shape index (κ2) is 8.27. The van der Waals surface area contributed by atoms with Crippen molar-refractivity contribution in [3.63, 3.8) is 0 Å². The average Bonchev–Trinajstić information content (AvgIpc) is 2.54. The average molecular weight is 334 g/mol. The molecule has 1 aliphatic rings. The lowest BCUT2D eigenvalue weighted by molar-refractivity contribution is -0.124. The summed E-state index contributed by atoms with van der Waals surface area (Å²) in [6.45, 7) is 6.04. The van der Waals surface area contributed by atoms with Crippen molar-refractivity contribution in [1.82, 2.24) is 10.6 Å². The maximum Gasteiger partial charge on any atom is 0.251 e. The molecule has 0 aromatic heterocycles. The minimum absolute atomic E-state index is 0.0306. The highest BCUT2D eigenvalue weighted by Crippen LogP contribution is 2.23. The van der Waals surface area contributed by atoms with Crippen molar-refractivity contribution in [2.45, 2.75) is 58.5 Å². The molecule has 1 fully saturated rings. The number of benzene rings is 1. The van der Waals surface area contributed by atoms with Crippen LogP contribution in [0.25, 0.3) is 0 Å². The standard InChI is InChI=1S/C19H27FN2O2/c1-12(2)17(19(24)21-16-10-4-13(3)5-11-16)22-18(23)14-6-8-15(20)9-7-14/h6-9,12-13,16-17H,4-5,10-11H2,1-3H3,(H,21,24)(H,22,23). The third-order valence-corrected chi connectivity index (χ3v) is 4.70. The fourth-order valence-corrected chi connectivity index (χ4v) is 3.06. The Hall–Kier alpha value is -1.91. The van der Waals surface area contributed by atoms with Gasteiger partial charge in [-0.3, -0.25) is 9.59 Å². The van der Waals surface area contributed by atoms with Gasteiger partial charge in [0.2, 0.25) is 5.91 Å². The first-order valence-electron chi connectivity index (χ1n) is 8.73. The van der Waals surface area contributed by atoms with Gasteiger partial charge in [-0.1, -0.05) is 20.8 Å². The van der Waals surface area contributed by atoms with E-state index < -0.39 is 11.9 Å². The van der Waals surface area contributed by atoms with E-state index >= 15 is 0 Å². The van der Waals surface area contributed by atoms with Crippen LogP contribution < -0.4 is 10.6 Å². The Morgan fingerprint density at radius 1 is 1.08 bits per heavy atom. The van der Waals surface area contributed by atoms with Crippen LogP contribution in [0, 0.1) is 17.7 Å². The maximum absolute atomic E-state index is 13.0. The normalized spacial score (nSPS) is 22.0. The molecule has 0 aliphatic heterocycles. The van der Waals surface area contributed by atoms with Gasteiger partial charge in [-0.2, -0.15) is 0 Å². The van der Waals surface area contributed by atoms with Crippen molar-refractivity contribution in [3.05, 3.63) is 35.6 Å². The Morgan fingerprint density at radius 3 is 2.21 bits per heavy atom. The molecule has 1 unspecified atom stereocenters. The minimum Gasteiger partial charge on any atom is -0.352 e. The van der Waals surface area contributed by atoms with E-state index in [2.05, 4.69) is 17.6 Å². The quantitative estimate of drug-likeness (QED) is 0.868. The summed E-state index contributed by atoms with van der Waals surface area (Å²) in [4.78, 5) is 24.9. The van der Waals surface area contributed by atoms with Crippen LogP contribution >= 0.6 is 0 Å². The van der Waals surface area contributed by atoms with Crippen LogP contribution in [0.2, 0.25) is 0 Å². The molecule has 2 amide bonds. The molecule has 0 saturated heterocycles. The van der Waals surface area contributed by atoms with Gasteiger partial charge in [0.05, 0.1) is 0 Å². The predicted octanol–water partition coefficient (Wildman–Crippen LogP) is 3.28. The Kier molecular flexibility index (Phi) is 6.35. The van der Waals surface area contributed by atoms with Gasteiger partial charge in [0.25, 0.3) is 5.91 Å². The second-order valence-electron chi connectivity index (χ2n) is 7.17. The Balaban J connectivity index is 1.96. The van der Waals surface area contributed by atoms with E-state index in [1.54, 1.807) is 0 Å². The summed E-state index contributed by atoms with van der Waals surface area (Å²) in [5.74, 6) is -0.202. The molecule has 1 saturated carbocycles. The summed E-state index contributed by atoms with van der Waals surface area (Å²) in [6.07, 6.45) is 4.23. The fourth-order valence-electron chi connectivity index (χ4n) is 3.06. The SMILES string of the molecule is CC1CCC(NC(=O)C(NC(=O)c2ccc(F)cc2)C(C)C)CC1. The lowest BCUT2D eigenvalue weighted by Crippen LogP contribution is -2.52. The van der Waals surface area contributed by atoms with E-state index in [9.17, 15) is 14.0 Å². The summed E-state index contributed by atoms with van der Waals surface area (Å²) < 4.78 is 13.0. The van der Waals surface area contributed by atoms with Crippen LogP contribution in [0.15, 0.2) is 24.3 Å². The van der Waals surface area contributed by atoms with Crippen LogP contribution in [0.5, 0.6) is 0 Å². The Bertz CT molecular complexity index is 563. The molecule has 4 nitrogen and oxygen atoms in total. The number of amides is 2. The molecule has 5 heteroatoms. The van der Waals surface area contributed by atoms with Crippen molar-refractivity contribution in [2.24, 2.45) is 11.8 Å². The van der Waals surface area contributed by atoms with Gasteiger partial charge in [-0.15, -0.1) is 0 Å². The van der Waals surface area contributed by atoms with Crippen LogP contribution in [0.4, 0.5) is 4.39 Å². The molecular weight excluding hydrogens is 307 g/mol. The van der Waals surface area contributed by atoms with Gasteiger partial charge in [0.15, 0.2) is 0 Å². The van der Waals surface area contributed by atoms with Gasteiger partial charge < -0.3 is 10.6 Å². The topological polar surface area (TPSA) is 58.2 Å². The van der Waals surface area contributed by atoms with Gasteiger partial charge in [0, 0.05) is 11.6 Å². The number of hydrogen-bond donors (Lipinski definition) is 2. The smallest absolute Gasteiger partial charge is 0.251 e. The van der Waals surface area contributed by atoms with Crippen molar-refractivity contribution in [2.75, 3.05) is 0 Å². The van der Waals surface area contributed by atoms with Crippen LogP contribution in [0.3, 0.4) is 0 Å². The van der Waals surface area contributed by atoms with Gasteiger partial charge in [0.1, 0.15) is 11.9 Å². The molecular formula is C19H27FN2O2. The van der Waals surface area contributed by atoms with Crippen molar-refractivity contribution in [3.8, 4) is 0 Å². The van der Waals surface area contributed by atoms with E-state index in [1.807, 2.05) is 13.8 Å². The zero-order valence-corrected chi connectivity index (χ0v) is 14.6. The molecule has 1 aromatic rings. The van der Waals surface area contributed by atoms with Crippen LogP contribution in [0.1, 0.15) is 56.8 Å². The summed E-state index contributed by atoms with van der Waals surface area (Å²) >= 11 is 0. The van der Waals surface area contributed by atoms with Crippen molar-refractivity contribution < 1.29 is 14.0 Å². The first kappa shape index (κ1) is 18.4. The monoisotopic (exact) mass is 334 g/mol. The number of carbonyl (C=O) groups excluding carboxylic acids is 2. The molecule has 24 heavy (non-hydrogen) atoms. The zero-order valence-electron chi connectivity index (χ0n) is 14.6. The summed E-state index contributed by atoms with van der Waals surface area (Å²) in [6, 6.07) is 4.91. The molecule has 2 N–H and O–H groups in total. The van der Waals surface area contributed by atoms with Crippen LogP contribution in [-0.2, 0) is 4.79 Å². The summed E-state index contributed by atoms with van der Waals surface area (Å²) in [5.41, 5.74) is 0.348. The second-order valence-corrected chi connectivity index (χ2v) is 7.17. The number of nitrogens with one attached hydrogen (secondary N) is 2. The third kappa shape index (κ3) is 5.05. The molecule has 132 valence electrons. The Labute approximate surface area is 143 Å². The zero-order chi connectivity index (χ0) is 17.7. The van der Waals surface area contributed by atoms with E-state index in [0.29, 0.717) is 5.56 Å². The van der Waals surface area contributed by atoms with E-state index in [1.165, 1.54) is 24.3 Å². The minimum atomic E-state index is -0.595. The van der Waals surface area contributed by atoms with E-state index in [4.69, 9.17) is 0 Å². The molecule has 1 aromatic carbocycles. The first-order chi connectivity index (χ1) is 11.4. The number of carbonyl (C=O) groups is 2. The Morgan fingerprint density at radius 2 is 1.67 bits per heavy atom. The van der Waals surface area contributed by atoms with Gasteiger partial charge >= 0.3 is 0 Å². The molecule has 2 rings (SSSR count). The maximum atomic E-state index is 13.0. The molecule has 0 bridgehead atoms. The highest BCUT2D eigenvalue weighted by molar-refractivity contribution is 5.97. The van der Waals surface area contributed by atoms with Crippen LogP contribution in [-0.4, -0.2) is 23.9 Å². The van der Waals surface area contributed by atoms with Gasteiger partial charge in [-0.05, 0) is 61.8 Å². The first-order valence-corrected chi connectivity index (χ1v) is 8.73. The highest BCUT2D eigenvalue weighted by Gasteiger charge is 2.27. The molecule has 0 heterocycles. The molecule has 1 aliphatic carbocycles. The molecule has 0 radical (unpaired) electrons. The largest absolute Gasteiger partial charge is 0.352 e. The summed E-state index contributed by atoms with van der Waals surface area (Å²) in [7, 11) is 0. The predicted molar refractivity (Wildman–Crippen MR) is 92.1 cm³/mol. The lowest BCUT2D eigenvalue weighted by Gasteiger charge is -2.29. The number of hydrogen-bond acceptors (Lipinski definition) is 2. The lowest BCUT2D eigenvalue weighted by atomic mass is 9.87. The van der Waals surface area contributed by atoms with Crippen molar-refractivity contribution in [1.29, 1.82) is 0 Å². The summed E-state index contributed by atoms with van der Waals surface area (Å²) in [5, 5.41) is 5.85. The van der Waals surface area contributed by atoms with Gasteiger partial charge in [-0.25, -0.2) is 4.39 Å². The number of halogens is 1. The van der Waals surface area contributed by atoms with E-state index in [0.717, 1.165) is 31.6 Å². The number of rotatable bonds is 5. The molecule has 1 atom stereocenters. The third-order valence-electron chi connectivity index (χ3n) is 4.70. The molecule has 0 spiro atoms. The van der Waals surface area contributed by atoms with E-state index in [-0.39, 0.29) is 23.8 Å². The van der Waals surface area contributed by atoms with Crippen molar-refractivity contribution >= 4 is 11.8 Å².